The quantitative estimate of drug-likeness (QED) is 0.803. The molecule has 0 aliphatic carbocycles. The van der Waals surface area contributed by atoms with Gasteiger partial charge >= 0.3 is 0 Å². The van der Waals surface area contributed by atoms with E-state index in [4.69, 9.17) is 14.2 Å². The Labute approximate surface area is 145 Å². The SMILES string of the molecule is CNC(=O)COc1cccc(NC(=O)c2ccc(OC)c(OC)c2)c1. The number of hydrogen-bond acceptors (Lipinski definition) is 5. The summed E-state index contributed by atoms with van der Waals surface area (Å²) in [4.78, 5) is 23.6. The number of benzene rings is 2. The number of carbonyl (C=O) groups is 2. The number of carbonyl (C=O) groups excluding carboxylic acids is 2. The van der Waals surface area contributed by atoms with E-state index in [1.807, 2.05) is 0 Å². The number of ether oxygens (including phenoxy) is 3. The average molecular weight is 344 g/mol. The van der Waals surface area contributed by atoms with Gasteiger partial charge < -0.3 is 24.8 Å². The molecule has 0 aliphatic heterocycles. The molecule has 2 aromatic carbocycles. The van der Waals surface area contributed by atoms with E-state index < -0.39 is 0 Å². The minimum Gasteiger partial charge on any atom is -0.493 e. The molecule has 0 heterocycles. The van der Waals surface area contributed by atoms with E-state index in [9.17, 15) is 9.59 Å². The van der Waals surface area contributed by atoms with E-state index in [0.29, 0.717) is 28.5 Å². The maximum atomic E-state index is 12.4. The van der Waals surface area contributed by atoms with Gasteiger partial charge in [-0.2, -0.15) is 0 Å². The van der Waals surface area contributed by atoms with Gasteiger partial charge in [-0.05, 0) is 30.3 Å². The van der Waals surface area contributed by atoms with Crippen molar-refractivity contribution in [3.05, 3.63) is 48.0 Å². The molecule has 0 unspecified atom stereocenters. The monoisotopic (exact) mass is 344 g/mol. The van der Waals surface area contributed by atoms with Crippen molar-refractivity contribution in [2.45, 2.75) is 0 Å². The minimum atomic E-state index is -0.301. The van der Waals surface area contributed by atoms with Crippen LogP contribution in [0.1, 0.15) is 10.4 Å². The summed E-state index contributed by atoms with van der Waals surface area (Å²) in [5, 5.41) is 5.24. The Hall–Kier alpha value is -3.22. The molecule has 0 fully saturated rings. The van der Waals surface area contributed by atoms with Gasteiger partial charge in [-0.1, -0.05) is 6.07 Å². The highest BCUT2D eigenvalue weighted by molar-refractivity contribution is 6.04. The third kappa shape index (κ3) is 4.87. The fraction of sp³-hybridized carbons (Fsp3) is 0.222. The predicted octanol–water partition coefficient (Wildman–Crippen LogP) is 2.08. The summed E-state index contributed by atoms with van der Waals surface area (Å²) in [5.41, 5.74) is 0.975. The standard InChI is InChI=1S/C18H20N2O5/c1-19-17(21)11-25-14-6-4-5-13(10-14)20-18(22)12-7-8-15(23-2)16(9-12)24-3/h4-10H,11H2,1-3H3,(H,19,21)(H,20,22). The smallest absolute Gasteiger partial charge is 0.257 e. The molecule has 132 valence electrons. The highest BCUT2D eigenvalue weighted by atomic mass is 16.5. The van der Waals surface area contributed by atoms with Crippen molar-refractivity contribution < 1.29 is 23.8 Å². The second-order valence-electron chi connectivity index (χ2n) is 5.01. The Bertz CT molecular complexity index is 761. The normalized spacial score (nSPS) is 9.88. The summed E-state index contributed by atoms with van der Waals surface area (Å²) in [6.45, 7) is -0.0937. The van der Waals surface area contributed by atoms with Crippen LogP contribution in [0.15, 0.2) is 42.5 Å². The molecule has 2 aromatic rings. The van der Waals surface area contributed by atoms with Gasteiger partial charge in [0, 0.05) is 24.4 Å². The van der Waals surface area contributed by atoms with Crippen molar-refractivity contribution >= 4 is 17.5 Å². The molecule has 0 saturated carbocycles. The molecular formula is C18H20N2O5. The summed E-state index contributed by atoms with van der Waals surface area (Å²) in [5.74, 6) is 0.958. The molecule has 7 heteroatoms. The first-order chi connectivity index (χ1) is 12.1. The second-order valence-corrected chi connectivity index (χ2v) is 5.01. The van der Waals surface area contributed by atoms with Gasteiger partial charge in [0.2, 0.25) is 0 Å². The Balaban J connectivity index is 2.09. The van der Waals surface area contributed by atoms with Crippen molar-refractivity contribution in [1.29, 1.82) is 0 Å². The lowest BCUT2D eigenvalue weighted by atomic mass is 10.2. The molecule has 0 bridgehead atoms. The Morgan fingerprint density at radius 3 is 2.44 bits per heavy atom. The molecule has 0 aromatic heterocycles. The van der Waals surface area contributed by atoms with E-state index in [1.165, 1.54) is 21.3 Å². The summed E-state index contributed by atoms with van der Waals surface area (Å²) >= 11 is 0. The van der Waals surface area contributed by atoms with Crippen LogP contribution in [0.2, 0.25) is 0 Å². The average Bonchev–Trinajstić information content (AvgIpc) is 2.65. The van der Waals surface area contributed by atoms with Gasteiger partial charge in [0.25, 0.3) is 11.8 Å². The van der Waals surface area contributed by atoms with E-state index in [1.54, 1.807) is 42.5 Å². The van der Waals surface area contributed by atoms with E-state index in [2.05, 4.69) is 10.6 Å². The first-order valence-corrected chi connectivity index (χ1v) is 7.54. The number of nitrogens with one attached hydrogen (secondary N) is 2. The van der Waals surface area contributed by atoms with Crippen LogP contribution in [0.4, 0.5) is 5.69 Å². The molecule has 0 spiro atoms. The highest BCUT2D eigenvalue weighted by Crippen LogP contribution is 2.28. The van der Waals surface area contributed by atoms with Crippen molar-refractivity contribution in [2.75, 3.05) is 33.2 Å². The van der Waals surface area contributed by atoms with Gasteiger partial charge in [0.1, 0.15) is 5.75 Å². The Morgan fingerprint density at radius 1 is 1.00 bits per heavy atom. The molecular weight excluding hydrogens is 324 g/mol. The fourth-order valence-corrected chi connectivity index (χ4v) is 2.07. The third-order valence-electron chi connectivity index (χ3n) is 3.39. The molecule has 2 rings (SSSR count). The van der Waals surface area contributed by atoms with Crippen LogP contribution in [0, 0.1) is 0 Å². The number of anilines is 1. The second kappa shape index (κ2) is 8.58. The summed E-state index contributed by atoms with van der Waals surface area (Å²) < 4.78 is 15.7. The predicted molar refractivity (Wildman–Crippen MR) is 93.5 cm³/mol. The largest absolute Gasteiger partial charge is 0.493 e. The van der Waals surface area contributed by atoms with Gasteiger partial charge in [-0.25, -0.2) is 0 Å². The van der Waals surface area contributed by atoms with Crippen LogP contribution in [0.5, 0.6) is 17.2 Å². The highest BCUT2D eigenvalue weighted by Gasteiger charge is 2.11. The van der Waals surface area contributed by atoms with Gasteiger partial charge in [0.05, 0.1) is 14.2 Å². The van der Waals surface area contributed by atoms with Crippen molar-refractivity contribution in [2.24, 2.45) is 0 Å². The van der Waals surface area contributed by atoms with Crippen LogP contribution in [0.3, 0.4) is 0 Å². The molecule has 7 nitrogen and oxygen atoms in total. The molecule has 0 saturated heterocycles. The zero-order chi connectivity index (χ0) is 18.2. The van der Waals surface area contributed by atoms with Crippen LogP contribution in [0.25, 0.3) is 0 Å². The lowest BCUT2D eigenvalue weighted by molar-refractivity contribution is -0.122. The first-order valence-electron chi connectivity index (χ1n) is 7.54. The maximum absolute atomic E-state index is 12.4. The van der Waals surface area contributed by atoms with Gasteiger partial charge in [0.15, 0.2) is 18.1 Å². The number of rotatable bonds is 7. The molecule has 2 N–H and O–H groups in total. The number of hydrogen-bond donors (Lipinski definition) is 2. The molecule has 0 atom stereocenters. The Kier molecular flexibility index (Phi) is 6.22. The maximum Gasteiger partial charge on any atom is 0.257 e. The fourth-order valence-electron chi connectivity index (χ4n) is 2.07. The molecule has 25 heavy (non-hydrogen) atoms. The van der Waals surface area contributed by atoms with Crippen LogP contribution < -0.4 is 24.8 Å². The van der Waals surface area contributed by atoms with E-state index >= 15 is 0 Å². The number of methoxy groups -OCH3 is 2. The van der Waals surface area contributed by atoms with Crippen molar-refractivity contribution in [1.82, 2.24) is 5.32 Å². The summed E-state index contributed by atoms with van der Waals surface area (Å²) in [6.07, 6.45) is 0. The Morgan fingerprint density at radius 2 is 1.76 bits per heavy atom. The molecule has 0 radical (unpaired) electrons. The third-order valence-corrected chi connectivity index (χ3v) is 3.39. The van der Waals surface area contributed by atoms with Crippen molar-refractivity contribution in [3.8, 4) is 17.2 Å². The molecule has 2 amide bonds. The minimum absolute atomic E-state index is 0.0937. The summed E-state index contributed by atoms with van der Waals surface area (Å²) in [7, 11) is 4.57. The lowest BCUT2D eigenvalue weighted by Crippen LogP contribution is -2.24. The van der Waals surface area contributed by atoms with Gasteiger partial charge in [-0.15, -0.1) is 0 Å². The topological polar surface area (TPSA) is 85.9 Å². The van der Waals surface area contributed by atoms with Gasteiger partial charge in [-0.3, -0.25) is 9.59 Å². The van der Waals surface area contributed by atoms with E-state index in [0.717, 1.165) is 0 Å². The van der Waals surface area contributed by atoms with E-state index in [-0.39, 0.29) is 18.4 Å². The zero-order valence-electron chi connectivity index (χ0n) is 14.3. The lowest BCUT2D eigenvalue weighted by Gasteiger charge is -2.11. The number of likely N-dealkylation sites (N-methyl/N-ethyl adjacent to an activating group) is 1. The number of amides is 2. The van der Waals surface area contributed by atoms with Crippen LogP contribution in [-0.2, 0) is 4.79 Å². The molecule has 0 aliphatic rings. The van der Waals surface area contributed by atoms with Crippen molar-refractivity contribution in [3.63, 3.8) is 0 Å². The summed E-state index contributed by atoms with van der Waals surface area (Å²) in [6, 6.07) is 11.7. The first kappa shape index (κ1) is 18.1. The van der Waals surface area contributed by atoms with Crippen LogP contribution >= 0.6 is 0 Å². The zero-order valence-corrected chi connectivity index (χ0v) is 14.3. The van der Waals surface area contributed by atoms with Crippen LogP contribution in [-0.4, -0.2) is 39.7 Å².